The van der Waals surface area contributed by atoms with Crippen LogP contribution in [0, 0.1) is 6.92 Å². The molecule has 4 nitrogen and oxygen atoms in total. The molecule has 1 aromatic carbocycles. The lowest BCUT2D eigenvalue weighted by atomic mass is 10.2. The number of rotatable bonds is 4. The van der Waals surface area contributed by atoms with Crippen molar-refractivity contribution in [2.45, 2.75) is 6.92 Å². The summed E-state index contributed by atoms with van der Waals surface area (Å²) in [6, 6.07) is 7.49. The van der Waals surface area contributed by atoms with E-state index in [4.69, 9.17) is 4.74 Å². The van der Waals surface area contributed by atoms with Crippen molar-refractivity contribution in [1.29, 1.82) is 0 Å². The van der Waals surface area contributed by atoms with E-state index in [0.29, 0.717) is 5.13 Å². The molecule has 0 saturated carbocycles. The number of anilines is 1. The summed E-state index contributed by atoms with van der Waals surface area (Å²) in [5.41, 5.74) is 1.81. The number of hydrogen-bond acceptors (Lipinski definition) is 4. The molecular weight excluding hydrogens is 260 g/mol. The zero-order valence-corrected chi connectivity index (χ0v) is 11.5. The number of aromatic nitrogens is 1. The van der Waals surface area contributed by atoms with Gasteiger partial charge in [0.1, 0.15) is 5.75 Å². The quantitative estimate of drug-likeness (QED) is 0.871. The van der Waals surface area contributed by atoms with Crippen molar-refractivity contribution >= 4 is 28.5 Å². The van der Waals surface area contributed by atoms with Crippen LogP contribution in [0.2, 0.25) is 0 Å². The molecule has 0 fully saturated rings. The van der Waals surface area contributed by atoms with Gasteiger partial charge in [0.2, 0.25) is 5.91 Å². The van der Waals surface area contributed by atoms with Crippen LogP contribution < -0.4 is 10.1 Å². The smallest absolute Gasteiger partial charge is 0.250 e. The number of thiazole rings is 1. The molecule has 0 aliphatic rings. The van der Waals surface area contributed by atoms with Crippen LogP contribution in [0.25, 0.3) is 6.08 Å². The van der Waals surface area contributed by atoms with Gasteiger partial charge in [0.25, 0.3) is 0 Å². The Morgan fingerprint density at radius 1 is 1.47 bits per heavy atom. The van der Waals surface area contributed by atoms with E-state index in [1.165, 1.54) is 17.4 Å². The molecule has 2 rings (SSSR count). The third-order valence-electron chi connectivity index (χ3n) is 2.37. The third kappa shape index (κ3) is 3.93. The maximum absolute atomic E-state index is 11.7. The molecule has 0 atom stereocenters. The van der Waals surface area contributed by atoms with Gasteiger partial charge in [-0.25, -0.2) is 4.98 Å². The second kappa shape index (κ2) is 6.15. The van der Waals surface area contributed by atoms with Gasteiger partial charge in [-0.05, 0) is 30.7 Å². The highest BCUT2D eigenvalue weighted by atomic mass is 32.1. The van der Waals surface area contributed by atoms with E-state index in [9.17, 15) is 4.79 Å². The zero-order chi connectivity index (χ0) is 13.7. The van der Waals surface area contributed by atoms with E-state index in [-0.39, 0.29) is 5.91 Å². The molecule has 19 heavy (non-hydrogen) atoms. The zero-order valence-electron chi connectivity index (χ0n) is 10.7. The number of carbonyl (C=O) groups is 1. The number of nitrogens with zero attached hydrogens (tertiary/aromatic N) is 1. The minimum atomic E-state index is -0.197. The molecule has 0 unspecified atom stereocenters. The van der Waals surface area contributed by atoms with E-state index >= 15 is 0 Å². The first kappa shape index (κ1) is 13.3. The van der Waals surface area contributed by atoms with E-state index < -0.39 is 0 Å². The van der Waals surface area contributed by atoms with Gasteiger partial charge < -0.3 is 4.74 Å². The minimum absolute atomic E-state index is 0.197. The second-order valence-electron chi connectivity index (χ2n) is 3.89. The summed E-state index contributed by atoms with van der Waals surface area (Å²) >= 11 is 1.41. The summed E-state index contributed by atoms with van der Waals surface area (Å²) < 4.78 is 5.12. The number of benzene rings is 1. The highest BCUT2D eigenvalue weighted by Gasteiger charge is 2.01. The highest BCUT2D eigenvalue weighted by Crippen LogP contribution is 2.15. The predicted molar refractivity (Wildman–Crippen MR) is 77.5 cm³/mol. The fraction of sp³-hybridized carbons (Fsp3) is 0.143. The number of nitrogens with one attached hydrogen (secondary N) is 1. The minimum Gasteiger partial charge on any atom is -0.497 e. The van der Waals surface area contributed by atoms with Crippen LogP contribution in [-0.2, 0) is 4.79 Å². The van der Waals surface area contributed by atoms with Crippen molar-refractivity contribution in [3.8, 4) is 5.75 Å². The van der Waals surface area contributed by atoms with Gasteiger partial charge in [0, 0.05) is 11.5 Å². The molecule has 0 bridgehead atoms. The van der Waals surface area contributed by atoms with Crippen LogP contribution in [-0.4, -0.2) is 18.0 Å². The van der Waals surface area contributed by atoms with Gasteiger partial charge in [-0.3, -0.25) is 10.1 Å². The van der Waals surface area contributed by atoms with Gasteiger partial charge in [0.15, 0.2) is 5.13 Å². The Morgan fingerprint density at radius 2 is 2.32 bits per heavy atom. The van der Waals surface area contributed by atoms with Crippen molar-refractivity contribution in [2.75, 3.05) is 12.4 Å². The Morgan fingerprint density at radius 3 is 3.00 bits per heavy atom. The van der Waals surface area contributed by atoms with Crippen LogP contribution in [0.4, 0.5) is 5.13 Å². The van der Waals surface area contributed by atoms with Gasteiger partial charge in [0.05, 0.1) is 12.8 Å². The van der Waals surface area contributed by atoms with E-state index in [1.54, 1.807) is 13.2 Å². The summed E-state index contributed by atoms with van der Waals surface area (Å²) in [5.74, 6) is 0.565. The topological polar surface area (TPSA) is 51.2 Å². The summed E-state index contributed by atoms with van der Waals surface area (Å²) in [6.45, 7) is 1.89. The maximum Gasteiger partial charge on any atom is 0.250 e. The number of methoxy groups -OCH3 is 1. The van der Waals surface area contributed by atoms with Crippen LogP contribution in [0.15, 0.2) is 35.7 Å². The monoisotopic (exact) mass is 274 g/mol. The molecule has 0 spiro atoms. The van der Waals surface area contributed by atoms with Crippen LogP contribution >= 0.6 is 11.3 Å². The van der Waals surface area contributed by atoms with E-state index in [2.05, 4.69) is 10.3 Å². The Balaban J connectivity index is 1.99. The standard InChI is InChI=1S/C14H14N2O2S/c1-10-9-19-14(15-10)16-13(17)7-6-11-4-3-5-12(8-11)18-2/h3-9H,1-2H3,(H,15,16,17)/b7-6+. The normalized spacial score (nSPS) is 10.6. The number of hydrogen-bond donors (Lipinski definition) is 1. The summed E-state index contributed by atoms with van der Waals surface area (Å²) in [6.07, 6.45) is 3.21. The van der Waals surface area contributed by atoms with Crippen LogP contribution in [0.5, 0.6) is 5.75 Å². The third-order valence-corrected chi connectivity index (χ3v) is 3.25. The number of ether oxygens (including phenoxy) is 1. The Hall–Kier alpha value is -2.14. The lowest BCUT2D eigenvalue weighted by Crippen LogP contribution is -2.07. The molecule has 1 N–H and O–H groups in total. The SMILES string of the molecule is COc1cccc(/C=C/C(=O)Nc2nc(C)cs2)c1. The summed E-state index contributed by atoms with van der Waals surface area (Å²) in [7, 11) is 1.61. The Bertz CT molecular complexity index is 605. The fourth-order valence-corrected chi connectivity index (χ4v) is 2.17. The second-order valence-corrected chi connectivity index (χ2v) is 4.75. The molecule has 5 heteroatoms. The largest absolute Gasteiger partial charge is 0.497 e. The van der Waals surface area contributed by atoms with Crippen molar-refractivity contribution in [1.82, 2.24) is 4.98 Å². The lowest BCUT2D eigenvalue weighted by Gasteiger charge is -2.00. The van der Waals surface area contributed by atoms with Gasteiger partial charge in [-0.1, -0.05) is 12.1 Å². The molecule has 98 valence electrons. The van der Waals surface area contributed by atoms with Crippen molar-refractivity contribution in [3.05, 3.63) is 47.0 Å². The van der Waals surface area contributed by atoms with Crippen molar-refractivity contribution in [3.63, 3.8) is 0 Å². The first-order valence-electron chi connectivity index (χ1n) is 5.72. The molecular formula is C14H14N2O2S. The highest BCUT2D eigenvalue weighted by molar-refractivity contribution is 7.13. The van der Waals surface area contributed by atoms with Gasteiger partial charge in [-0.15, -0.1) is 11.3 Å². The Labute approximate surface area is 115 Å². The van der Waals surface area contributed by atoms with Crippen LogP contribution in [0.1, 0.15) is 11.3 Å². The Kier molecular flexibility index (Phi) is 4.30. The average molecular weight is 274 g/mol. The first-order valence-corrected chi connectivity index (χ1v) is 6.60. The number of carbonyl (C=O) groups excluding carboxylic acids is 1. The molecule has 0 aliphatic heterocycles. The van der Waals surface area contributed by atoms with E-state index in [0.717, 1.165) is 17.0 Å². The summed E-state index contributed by atoms with van der Waals surface area (Å²) in [4.78, 5) is 15.9. The number of aryl methyl sites for hydroxylation is 1. The predicted octanol–water partition coefficient (Wildman–Crippen LogP) is 3.11. The van der Waals surface area contributed by atoms with Gasteiger partial charge in [-0.2, -0.15) is 0 Å². The first-order chi connectivity index (χ1) is 9.17. The van der Waals surface area contributed by atoms with Crippen molar-refractivity contribution < 1.29 is 9.53 Å². The maximum atomic E-state index is 11.7. The average Bonchev–Trinajstić information content (AvgIpc) is 2.82. The molecule has 1 amide bonds. The fourth-order valence-electron chi connectivity index (χ4n) is 1.48. The number of amides is 1. The summed E-state index contributed by atoms with van der Waals surface area (Å²) in [5, 5.41) is 5.21. The molecule has 0 radical (unpaired) electrons. The van der Waals surface area contributed by atoms with Crippen molar-refractivity contribution in [2.24, 2.45) is 0 Å². The van der Waals surface area contributed by atoms with Gasteiger partial charge >= 0.3 is 0 Å². The molecule has 2 aromatic rings. The van der Waals surface area contributed by atoms with Crippen LogP contribution in [0.3, 0.4) is 0 Å². The lowest BCUT2D eigenvalue weighted by molar-refractivity contribution is -0.111. The van der Waals surface area contributed by atoms with E-state index in [1.807, 2.05) is 36.6 Å². The molecule has 1 heterocycles. The molecule has 0 aliphatic carbocycles. The molecule has 1 aromatic heterocycles. The molecule has 0 saturated heterocycles.